The van der Waals surface area contributed by atoms with Crippen molar-refractivity contribution in [3.63, 3.8) is 0 Å². The van der Waals surface area contributed by atoms with Crippen LogP contribution in [-0.2, 0) is 11.3 Å². The van der Waals surface area contributed by atoms with Crippen LogP contribution in [0.3, 0.4) is 0 Å². The molecule has 0 aromatic heterocycles. The smallest absolute Gasteiger partial charge is 0.255 e. The molecule has 2 amide bonds. The molecule has 5 nitrogen and oxygen atoms in total. The van der Waals surface area contributed by atoms with Crippen LogP contribution >= 0.6 is 11.8 Å². The van der Waals surface area contributed by atoms with Gasteiger partial charge in [0.2, 0.25) is 5.91 Å². The molecule has 3 aromatic rings. The third-order valence-electron chi connectivity index (χ3n) is 6.47. The van der Waals surface area contributed by atoms with E-state index in [1.54, 1.807) is 11.8 Å². The molecule has 6 heteroatoms. The summed E-state index contributed by atoms with van der Waals surface area (Å²) in [5.41, 5.74) is 4.76. The van der Waals surface area contributed by atoms with Gasteiger partial charge in [-0.15, -0.1) is 11.8 Å². The van der Waals surface area contributed by atoms with Gasteiger partial charge >= 0.3 is 0 Å². The molecule has 34 heavy (non-hydrogen) atoms. The lowest BCUT2D eigenvalue weighted by molar-refractivity contribution is -0.128. The highest BCUT2D eigenvalue weighted by atomic mass is 32.2. The number of anilines is 2. The third kappa shape index (κ3) is 5.12. The van der Waals surface area contributed by atoms with Gasteiger partial charge in [-0.05, 0) is 66.8 Å². The van der Waals surface area contributed by atoms with Crippen molar-refractivity contribution >= 4 is 35.0 Å². The minimum absolute atomic E-state index is 0.0350. The summed E-state index contributed by atoms with van der Waals surface area (Å²) in [5, 5.41) is 2.96. The summed E-state index contributed by atoms with van der Waals surface area (Å²) < 4.78 is 0. The fourth-order valence-corrected chi connectivity index (χ4v) is 5.78. The normalized spacial score (nSPS) is 18.2. The van der Waals surface area contributed by atoms with Gasteiger partial charge in [0.05, 0.1) is 5.75 Å². The molecule has 2 aliphatic rings. The number of amides is 2. The van der Waals surface area contributed by atoms with Gasteiger partial charge in [0.25, 0.3) is 5.91 Å². The van der Waals surface area contributed by atoms with Gasteiger partial charge in [0.15, 0.2) is 0 Å². The third-order valence-corrected chi connectivity index (χ3v) is 7.72. The molecule has 3 aromatic carbocycles. The maximum atomic E-state index is 12.8. The van der Waals surface area contributed by atoms with E-state index < -0.39 is 0 Å². The van der Waals surface area contributed by atoms with E-state index in [4.69, 9.17) is 0 Å². The second-order valence-corrected chi connectivity index (χ2v) is 9.91. The van der Waals surface area contributed by atoms with E-state index >= 15 is 0 Å². The van der Waals surface area contributed by atoms with E-state index in [2.05, 4.69) is 22.3 Å². The predicted molar refractivity (Wildman–Crippen MR) is 139 cm³/mol. The standard InChI is InChI=1S/C28H29N3O2S/c32-26-20-34-28(31(26)19-21-7-3-1-4-8-21)23-11-9-22(10-12-23)27(33)29-24-13-15-25(16-14-24)30-17-5-2-6-18-30/h1,3-4,7-16,28H,2,5-6,17-20H2,(H,29,33). The highest BCUT2D eigenvalue weighted by molar-refractivity contribution is 8.00. The van der Waals surface area contributed by atoms with Crippen LogP contribution in [-0.4, -0.2) is 35.6 Å². The summed E-state index contributed by atoms with van der Waals surface area (Å²) in [6.07, 6.45) is 3.79. The Hall–Kier alpha value is -3.25. The van der Waals surface area contributed by atoms with Crippen molar-refractivity contribution in [2.75, 3.05) is 29.1 Å². The van der Waals surface area contributed by atoms with Crippen LogP contribution in [0.5, 0.6) is 0 Å². The Balaban J connectivity index is 1.23. The van der Waals surface area contributed by atoms with Gasteiger partial charge in [-0.2, -0.15) is 0 Å². The molecular formula is C28H29N3O2S. The Kier molecular flexibility index (Phi) is 6.86. The molecule has 1 unspecified atom stereocenters. The SMILES string of the molecule is O=C(Nc1ccc(N2CCCCC2)cc1)c1ccc(C2SCC(=O)N2Cc2ccccc2)cc1. The number of rotatable bonds is 6. The van der Waals surface area contributed by atoms with Crippen molar-refractivity contribution in [3.8, 4) is 0 Å². The molecule has 0 aliphatic carbocycles. The minimum atomic E-state index is -0.131. The lowest BCUT2D eigenvalue weighted by atomic mass is 10.1. The summed E-state index contributed by atoms with van der Waals surface area (Å²) in [4.78, 5) is 29.6. The van der Waals surface area contributed by atoms with Gasteiger partial charge in [-0.25, -0.2) is 0 Å². The van der Waals surface area contributed by atoms with Gasteiger partial charge in [-0.3, -0.25) is 9.59 Å². The average Bonchev–Trinajstić information content (AvgIpc) is 3.25. The number of thioether (sulfide) groups is 1. The van der Waals surface area contributed by atoms with E-state index in [1.165, 1.54) is 24.9 Å². The molecule has 5 rings (SSSR count). The first-order chi connectivity index (χ1) is 16.7. The number of nitrogens with zero attached hydrogens (tertiary/aromatic N) is 2. The maximum Gasteiger partial charge on any atom is 0.255 e. The zero-order valence-corrected chi connectivity index (χ0v) is 20.0. The fraction of sp³-hybridized carbons (Fsp3) is 0.286. The van der Waals surface area contributed by atoms with Crippen LogP contribution in [0, 0.1) is 0 Å². The monoisotopic (exact) mass is 471 g/mol. The van der Waals surface area contributed by atoms with Crippen LogP contribution < -0.4 is 10.2 Å². The minimum Gasteiger partial charge on any atom is -0.372 e. The van der Waals surface area contributed by atoms with Crippen LogP contribution in [0.25, 0.3) is 0 Å². The molecule has 174 valence electrons. The van der Waals surface area contributed by atoms with E-state index in [9.17, 15) is 9.59 Å². The van der Waals surface area contributed by atoms with Crippen LogP contribution in [0.15, 0.2) is 78.9 Å². The molecule has 0 radical (unpaired) electrons. The highest BCUT2D eigenvalue weighted by Crippen LogP contribution is 2.39. The van der Waals surface area contributed by atoms with E-state index in [0.29, 0.717) is 17.9 Å². The van der Waals surface area contributed by atoms with E-state index in [1.807, 2.05) is 71.6 Å². The topological polar surface area (TPSA) is 52.7 Å². The number of carbonyl (C=O) groups is 2. The summed E-state index contributed by atoms with van der Waals surface area (Å²) in [7, 11) is 0. The number of nitrogens with one attached hydrogen (secondary N) is 1. The molecule has 0 spiro atoms. The number of piperidine rings is 1. The summed E-state index contributed by atoms with van der Waals surface area (Å²) in [6, 6.07) is 25.8. The largest absolute Gasteiger partial charge is 0.372 e. The number of hydrogen-bond donors (Lipinski definition) is 1. The lowest BCUT2D eigenvalue weighted by Gasteiger charge is -2.28. The van der Waals surface area contributed by atoms with Crippen LogP contribution in [0.2, 0.25) is 0 Å². The van der Waals surface area contributed by atoms with E-state index in [0.717, 1.165) is 29.9 Å². The molecule has 2 fully saturated rings. The van der Waals surface area contributed by atoms with Gasteiger partial charge in [0.1, 0.15) is 5.37 Å². The molecule has 2 saturated heterocycles. The Morgan fingerprint density at radius 2 is 1.59 bits per heavy atom. The number of carbonyl (C=O) groups excluding carboxylic acids is 2. The first-order valence-corrected chi connectivity index (χ1v) is 12.9. The van der Waals surface area contributed by atoms with E-state index in [-0.39, 0.29) is 17.2 Å². The molecule has 1 atom stereocenters. The predicted octanol–water partition coefficient (Wildman–Crippen LogP) is 5.70. The second kappa shape index (κ2) is 10.3. The van der Waals surface area contributed by atoms with Crippen molar-refractivity contribution in [2.45, 2.75) is 31.2 Å². The lowest BCUT2D eigenvalue weighted by Crippen LogP contribution is -2.29. The second-order valence-electron chi connectivity index (χ2n) is 8.84. The van der Waals surface area contributed by atoms with Crippen molar-refractivity contribution in [1.29, 1.82) is 0 Å². The quantitative estimate of drug-likeness (QED) is 0.501. The van der Waals surface area contributed by atoms with Gasteiger partial charge < -0.3 is 15.1 Å². The first kappa shape index (κ1) is 22.5. The summed E-state index contributed by atoms with van der Waals surface area (Å²) in [5.74, 6) is 0.495. The molecule has 0 bridgehead atoms. The molecule has 2 heterocycles. The average molecular weight is 472 g/mol. The molecule has 0 saturated carbocycles. The first-order valence-electron chi connectivity index (χ1n) is 11.9. The highest BCUT2D eigenvalue weighted by Gasteiger charge is 2.32. The van der Waals surface area contributed by atoms with Crippen LogP contribution in [0.4, 0.5) is 11.4 Å². The summed E-state index contributed by atoms with van der Waals surface area (Å²) >= 11 is 1.63. The molecular weight excluding hydrogens is 442 g/mol. The molecule has 2 aliphatic heterocycles. The van der Waals surface area contributed by atoms with Gasteiger partial charge in [-0.1, -0.05) is 42.5 Å². The van der Waals surface area contributed by atoms with Crippen molar-refractivity contribution in [2.24, 2.45) is 0 Å². The maximum absolute atomic E-state index is 12.8. The Morgan fingerprint density at radius 3 is 2.29 bits per heavy atom. The zero-order chi connectivity index (χ0) is 23.3. The zero-order valence-electron chi connectivity index (χ0n) is 19.2. The Bertz CT molecular complexity index is 1130. The Morgan fingerprint density at radius 1 is 0.882 bits per heavy atom. The molecule has 1 N–H and O–H groups in total. The van der Waals surface area contributed by atoms with Gasteiger partial charge in [0, 0.05) is 36.6 Å². The number of hydrogen-bond acceptors (Lipinski definition) is 4. The fourth-order valence-electron chi connectivity index (χ4n) is 4.59. The van der Waals surface area contributed by atoms with Crippen LogP contribution in [0.1, 0.15) is 46.1 Å². The Labute approximate surface area is 205 Å². The number of benzene rings is 3. The van der Waals surface area contributed by atoms with Crippen molar-refractivity contribution < 1.29 is 9.59 Å². The summed E-state index contributed by atoms with van der Waals surface area (Å²) in [6.45, 7) is 2.80. The van der Waals surface area contributed by atoms with Crippen molar-refractivity contribution in [3.05, 3.63) is 95.6 Å². The van der Waals surface area contributed by atoms with Crippen molar-refractivity contribution in [1.82, 2.24) is 4.90 Å².